The minimum absolute atomic E-state index is 0.0529. The van der Waals surface area contributed by atoms with Crippen LogP contribution in [-0.2, 0) is 19.0 Å². The standard InChI is InChI=1S/C12H26N2O4/c1-3-16-9-6-14(7-10-17-4-2)12(15)11-18-8-5-13/h3-11,13H2,1-2H3. The molecule has 0 radical (unpaired) electrons. The Kier molecular flexibility index (Phi) is 12.3. The van der Waals surface area contributed by atoms with Crippen LogP contribution in [0.4, 0.5) is 0 Å². The molecule has 6 heteroatoms. The Hall–Kier alpha value is -0.690. The van der Waals surface area contributed by atoms with Crippen LogP contribution >= 0.6 is 0 Å². The normalized spacial score (nSPS) is 10.6. The van der Waals surface area contributed by atoms with E-state index in [1.165, 1.54) is 0 Å². The number of amides is 1. The summed E-state index contributed by atoms with van der Waals surface area (Å²) in [5.74, 6) is -0.0529. The van der Waals surface area contributed by atoms with Crippen LogP contribution in [0, 0.1) is 0 Å². The van der Waals surface area contributed by atoms with E-state index in [9.17, 15) is 4.79 Å². The van der Waals surface area contributed by atoms with Crippen LogP contribution in [0.25, 0.3) is 0 Å². The molecule has 0 aliphatic carbocycles. The molecule has 0 unspecified atom stereocenters. The largest absolute Gasteiger partial charge is 0.380 e. The molecule has 0 aliphatic rings. The topological polar surface area (TPSA) is 74.0 Å². The highest BCUT2D eigenvalue weighted by molar-refractivity contribution is 5.77. The van der Waals surface area contributed by atoms with Gasteiger partial charge in [-0.3, -0.25) is 4.79 Å². The summed E-state index contributed by atoms with van der Waals surface area (Å²) in [5.41, 5.74) is 5.30. The summed E-state index contributed by atoms with van der Waals surface area (Å²) >= 11 is 0. The average molecular weight is 262 g/mol. The number of carbonyl (C=O) groups is 1. The number of carbonyl (C=O) groups excluding carboxylic acids is 1. The summed E-state index contributed by atoms with van der Waals surface area (Å²) in [7, 11) is 0. The van der Waals surface area contributed by atoms with Crippen LogP contribution in [0.2, 0.25) is 0 Å². The van der Waals surface area contributed by atoms with Crippen molar-refractivity contribution >= 4 is 5.91 Å². The van der Waals surface area contributed by atoms with Gasteiger partial charge < -0.3 is 24.8 Å². The maximum absolute atomic E-state index is 11.9. The fourth-order valence-corrected chi connectivity index (χ4v) is 1.33. The molecule has 0 saturated heterocycles. The van der Waals surface area contributed by atoms with Crippen molar-refractivity contribution in [3.63, 3.8) is 0 Å². The lowest BCUT2D eigenvalue weighted by atomic mass is 10.4. The lowest BCUT2D eigenvalue weighted by molar-refractivity contribution is -0.137. The van der Waals surface area contributed by atoms with Crippen molar-refractivity contribution in [3.8, 4) is 0 Å². The van der Waals surface area contributed by atoms with E-state index in [1.54, 1.807) is 4.90 Å². The summed E-state index contributed by atoms with van der Waals surface area (Å²) in [4.78, 5) is 13.6. The van der Waals surface area contributed by atoms with E-state index in [2.05, 4.69) is 0 Å². The SMILES string of the molecule is CCOCCN(CCOCC)C(=O)COCCN. The highest BCUT2D eigenvalue weighted by atomic mass is 16.5. The summed E-state index contributed by atoms with van der Waals surface area (Å²) in [5, 5.41) is 0. The highest BCUT2D eigenvalue weighted by Crippen LogP contribution is 1.93. The zero-order chi connectivity index (χ0) is 13.6. The molecular weight excluding hydrogens is 236 g/mol. The van der Waals surface area contributed by atoms with Gasteiger partial charge in [0.2, 0.25) is 5.91 Å². The molecule has 0 heterocycles. The number of hydrogen-bond acceptors (Lipinski definition) is 5. The average Bonchev–Trinajstić information content (AvgIpc) is 2.37. The van der Waals surface area contributed by atoms with E-state index in [1.807, 2.05) is 13.8 Å². The van der Waals surface area contributed by atoms with E-state index >= 15 is 0 Å². The molecule has 0 aliphatic heterocycles. The van der Waals surface area contributed by atoms with Crippen LogP contribution < -0.4 is 5.73 Å². The predicted octanol–water partition coefficient (Wildman–Crippen LogP) is -0.137. The van der Waals surface area contributed by atoms with Gasteiger partial charge in [0.25, 0.3) is 0 Å². The van der Waals surface area contributed by atoms with Gasteiger partial charge in [-0.2, -0.15) is 0 Å². The number of hydrogen-bond donors (Lipinski definition) is 1. The highest BCUT2D eigenvalue weighted by Gasteiger charge is 2.13. The minimum Gasteiger partial charge on any atom is -0.380 e. The molecule has 0 bridgehead atoms. The van der Waals surface area contributed by atoms with Gasteiger partial charge in [0.1, 0.15) is 6.61 Å². The molecular formula is C12H26N2O4. The molecule has 0 rings (SSSR count). The maximum atomic E-state index is 11.9. The Morgan fingerprint density at radius 1 is 1.00 bits per heavy atom. The van der Waals surface area contributed by atoms with Gasteiger partial charge in [-0.25, -0.2) is 0 Å². The predicted molar refractivity (Wildman–Crippen MR) is 69.4 cm³/mol. The summed E-state index contributed by atoms with van der Waals surface area (Å²) in [6.45, 7) is 8.23. The zero-order valence-corrected chi connectivity index (χ0v) is 11.5. The molecule has 2 N–H and O–H groups in total. The van der Waals surface area contributed by atoms with Crippen LogP contribution in [0.15, 0.2) is 0 Å². The Morgan fingerprint density at radius 3 is 2.00 bits per heavy atom. The molecule has 0 aromatic carbocycles. The second kappa shape index (κ2) is 12.8. The molecule has 108 valence electrons. The second-order valence-electron chi connectivity index (χ2n) is 3.62. The van der Waals surface area contributed by atoms with Crippen molar-refractivity contribution in [2.24, 2.45) is 5.73 Å². The molecule has 1 amide bonds. The molecule has 0 saturated carbocycles. The summed E-state index contributed by atoms with van der Waals surface area (Å²) in [6.07, 6.45) is 0. The third-order valence-corrected chi connectivity index (χ3v) is 2.26. The van der Waals surface area contributed by atoms with E-state index in [-0.39, 0.29) is 12.5 Å². The number of ether oxygens (including phenoxy) is 3. The molecule has 6 nitrogen and oxygen atoms in total. The number of rotatable bonds is 12. The van der Waals surface area contributed by atoms with Crippen molar-refractivity contribution in [1.82, 2.24) is 4.90 Å². The van der Waals surface area contributed by atoms with E-state index < -0.39 is 0 Å². The van der Waals surface area contributed by atoms with Crippen molar-refractivity contribution < 1.29 is 19.0 Å². The first-order valence-electron chi connectivity index (χ1n) is 6.47. The van der Waals surface area contributed by atoms with Crippen molar-refractivity contribution in [3.05, 3.63) is 0 Å². The first-order chi connectivity index (χ1) is 8.76. The van der Waals surface area contributed by atoms with Crippen molar-refractivity contribution in [2.75, 3.05) is 59.3 Å². The fraction of sp³-hybridized carbons (Fsp3) is 0.917. The maximum Gasteiger partial charge on any atom is 0.248 e. The van der Waals surface area contributed by atoms with E-state index in [0.29, 0.717) is 52.7 Å². The van der Waals surface area contributed by atoms with Crippen LogP contribution in [0.1, 0.15) is 13.8 Å². The number of nitrogens with zero attached hydrogens (tertiary/aromatic N) is 1. The quantitative estimate of drug-likeness (QED) is 0.496. The van der Waals surface area contributed by atoms with Gasteiger partial charge in [0.15, 0.2) is 0 Å². The summed E-state index contributed by atoms with van der Waals surface area (Å²) in [6, 6.07) is 0. The van der Waals surface area contributed by atoms with Crippen LogP contribution in [0.5, 0.6) is 0 Å². The van der Waals surface area contributed by atoms with Crippen LogP contribution in [0.3, 0.4) is 0 Å². The molecule has 0 aromatic heterocycles. The van der Waals surface area contributed by atoms with Gasteiger partial charge >= 0.3 is 0 Å². The molecule has 0 spiro atoms. The van der Waals surface area contributed by atoms with Gasteiger partial charge in [-0.1, -0.05) is 0 Å². The summed E-state index contributed by atoms with van der Waals surface area (Å²) < 4.78 is 15.6. The Morgan fingerprint density at radius 2 is 1.56 bits per heavy atom. The fourth-order valence-electron chi connectivity index (χ4n) is 1.33. The molecule has 0 atom stereocenters. The third-order valence-electron chi connectivity index (χ3n) is 2.26. The Bertz CT molecular complexity index is 193. The van der Waals surface area contributed by atoms with E-state index in [0.717, 1.165) is 0 Å². The Balaban J connectivity index is 3.95. The lowest BCUT2D eigenvalue weighted by Gasteiger charge is -2.22. The van der Waals surface area contributed by atoms with E-state index in [4.69, 9.17) is 19.9 Å². The first-order valence-corrected chi connectivity index (χ1v) is 6.47. The monoisotopic (exact) mass is 262 g/mol. The van der Waals surface area contributed by atoms with Gasteiger partial charge in [0.05, 0.1) is 19.8 Å². The zero-order valence-electron chi connectivity index (χ0n) is 11.5. The Labute approximate surface area is 109 Å². The molecule has 0 aromatic rings. The van der Waals surface area contributed by atoms with Gasteiger partial charge in [0, 0.05) is 32.8 Å². The van der Waals surface area contributed by atoms with Crippen LogP contribution in [-0.4, -0.2) is 70.1 Å². The third kappa shape index (κ3) is 9.35. The minimum atomic E-state index is -0.0529. The van der Waals surface area contributed by atoms with Crippen molar-refractivity contribution in [2.45, 2.75) is 13.8 Å². The van der Waals surface area contributed by atoms with Crippen molar-refractivity contribution in [1.29, 1.82) is 0 Å². The molecule has 18 heavy (non-hydrogen) atoms. The lowest BCUT2D eigenvalue weighted by Crippen LogP contribution is -2.39. The number of nitrogens with two attached hydrogens (primary N) is 1. The molecule has 0 fully saturated rings. The van der Waals surface area contributed by atoms with Gasteiger partial charge in [-0.05, 0) is 13.8 Å². The second-order valence-corrected chi connectivity index (χ2v) is 3.62. The first kappa shape index (κ1) is 17.3. The van der Waals surface area contributed by atoms with Gasteiger partial charge in [-0.15, -0.1) is 0 Å². The smallest absolute Gasteiger partial charge is 0.248 e.